The van der Waals surface area contributed by atoms with Gasteiger partial charge in [-0.1, -0.05) is 187 Å². The number of unbranched alkanes of at least 4 members (excludes halogenated alkanes) is 29. The summed E-state index contributed by atoms with van der Waals surface area (Å²) in [6, 6.07) is 0. The molecule has 0 saturated heterocycles. The molecule has 3 N–H and O–H groups in total. The first-order valence-corrected chi connectivity index (χ1v) is 24.4. The van der Waals surface area contributed by atoms with Crippen LogP contribution < -0.4 is 5.73 Å². The summed E-state index contributed by atoms with van der Waals surface area (Å²) in [7, 11) is -4.26. The van der Waals surface area contributed by atoms with Crippen molar-refractivity contribution in [2.45, 2.75) is 232 Å². The molecule has 0 saturated carbocycles. The molecule has 0 aromatic heterocycles. The second-order valence-electron chi connectivity index (χ2n) is 15.3. The first kappa shape index (κ1) is 52.8. The lowest BCUT2D eigenvalue weighted by Crippen LogP contribution is -2.25. The fraction of sp³-hybridized carbons (Fsp3) is 0.889. The summed E-state index contributed by atoms with van der Waals surface area (Å²) in [5.41, 5.74) is 5.37. The molecule has 1 unspecified atom stereocenters. The summed E-state index contributed by atoms with van der Waals surface area (Å²) in [4.78, 5) is 22.3. The summed E-state index contributed by atoms with van der Waals surface area (Å²) < 4.78 is 33.2. The molecule has 0 bridgehead atoms. The largest absolute Gasteiger partial charge is 0.492 e. The third kappa shape index (κ3) is 42.0. The lowest BCUT2D eigenvalue weighted by Gasteiger charge is -2.19. The van der Waals surface area contributed by atoms with Crippen LogP contribution in [0.5, 0.6) is 0 Å². The third-order valence-electron chi connectivity index (χ3n) is 9.96. The number of rotatable bonds is 44. The van der Waals surface area contributed by atoms with Crippen molar-refractivity contribution in [3.63, 3.8) is 0 Å². The smallest absolute Gasteiger partial charge is 0.472 e. The molecular weight excluding hydrogens is 697 g/mol. The van der Waals surface area contributed by atoms with Crippen molar-refractivity contribution in [1.82, 2.24) is 0 Å². The van der Waals surface area contributed by atoms with Gasteiger partial charge in [-0.3, -0.25) is 13.8 Å². The van der Waals surface area contributed by atoms with Gasteiger partial charge in [-0.2, -0.15) is 0 Å². The van der Waals surface area contributed by atoms with Crippen molar-refractivity contribution in [3.05, 3.63) is 24.5 Å². The number of ether oxygens (including phenoxy) is 2. The molecule has 0 aliphatic heterocycles. The van der Waals surface area contributed by atoms with E-state index in [0.29, 0.717) is 6.42 Å². The quantitative estimate of drug-likeness (QED) is 0.0206. The van der Waals surface area contributed by atoms with Gasteiger partial charge in [-0.05, 0) is 51.0 Å². The molecule has 54 heavy (non-hydrogen) atoms. The average molecular weight is 786 g/mol. The Morgan fingerprint density at radius 1 is 0.556 bits per heavy atom. The summed E-state index contributed by atoms with van der Waals surface area (Å²) >= 11 is 0. The van der Waals surface area contributed by atoms with E-state index in [-0.39, 0.29) is 32.3 Å². The van der Waals surface area contributed by atoms with E-state index >= 15 is 0 Å². The van der Waals surface area contributed by atoms with Crippen LogP contribution in [0.2, 0.25) is 0 Å². The van der Waals surface area contributed by atoms with Gasteiger partial charge in [0.15, 0.2) is 6.10 Å². The van der Waals surface area contributed by atoms with Gasteiger partial charge < -0.3 is 20.1 Å². The second kappa shape index (κ2) is 43.0. The standard InChI is InChI=1S/C45H88NO7P/c1-3-5-7-9-11-13-15-17-19-21-22-23-24-26-28-30-32-34-36-38-45(47)51-42-44(43-53-54(48,49)52-41-39-46)50-40-37-35-33-31-29-27-25-20-18-16-14-12-10-8-6-4-2/h17,19,37,40,44H,3-16,18,20-36,38-39,41-43,46H2,1-2H3,(H,48,49)/b19-17-,40-37-/t44-/m1/s1. The molecule has 0 aromatic carbocycles. The lowest BCUT2D eigenvalue weighted by molar-refractivity contribution is -0.147. The van der Waals surface area contributed by atoms with Crippen LogP contribution in [0.1, 0.15) is 226 Å². The highest BCUT2D eigenvalue weighted by atomic mass is 31.2. The minimum Gasteiger partial charge on any atom is -0.492 e. The van der Waals surface area contributed by atoms with Crippen LogP contribution in [0.3, 0.4) is 0 Å². The molecule has 0 aliphatic rings. The summed E-state index contributed by atoms with van der Waals surface area (Å²) in [5.74, 6) is -0.289. The normalized spacial score (nSPS) is 13.6. The topological polar surface area (TPSA) is 117 Å². The van der Waals surface area contributed by atoms with Crippen LogP contribution in [0.25, 0.3) is 0 Å². The molecule has 9 heteroatoms. The van der Waals surface area contributed by atoms with Gasteiger partial charge in [0.25, 0.3) is 0 Å². The Morgan fingerprint density at radius 2 is 0.944 bits per heavy atom. The molecule has 0 spiro atoms. The average Bonchev–Trinajstić information content (AvgIpc) is 3.16. The van der Waals surface area contributed by atoms with Gasteiger partial charge in [-0.15, -0.1) is 0 Å². The van der Waals surface area contributed by atoms with Crippen LogP contribution in [0.4, 0.5) is 0 Å². The molecule has 0 amide bonds. The van der Waals surface area contributed by atoms with Crippen molar-refractivity contribution < 1.29 is 32.8 Å². The van der Waals surface area contributed by atoms with Crippen molar-refractivity contribution in [3.8, 4) is 0 Å². The number of nitrogens with two attached hydrogens (primary N) is 1. The van der Waals surface area contributed by atoms with Gasteiger partial charge in [0.2, 0.25) is 0 Å². The van der Waals surface area contributed by atoms with Crippen molar-refractivity contribution in [2.24, 2.45) is 5.73 Å². The molecule has 0 aromatic rings. The highest BCUT2D eigenvalue weighted by Crippen LogP contribution is 2.43. The minimum absolute atomic E-state index is 0.0617. The number of hydrogen-bond acceptors (Lipinski definition) is 7. The molecule has 0 rings (SSSR count). The summed E-state index contributed by atoms with van der Waals surface area (Å²) in [6.45, 7) is 4.24. The van der Waals surface area contributed by atoms with Crippen LogP contribution >= 0.6 is 7.82 Å². The molecule has 0 fully saturated rings. The zero-order valence-electron chi connectivity index (χ0n) is 35.5. The molecule has 0 heterocycles. The molecule has 2 atom stereocenters. The highest BCUT2D eigenvalue weighted by molar-refractivity contribution is 7.47. The monoisotopic (exact) mass is 786 g/mol. The summed E-state index contributed by atoms with van der Waals surface area (Å²) in [6.07, 6.45) is 48.7. The van der Waals surface area contributed by atoms with E-state index < -0.39 is 13.9 Å². The van der Waals surface area contributed by atoms with E-state index in [0.717, 1.165) is 32.1 Å². The minimum atomic E-state index is -4.26. The maximum Gasteiger partial charge on any atom is 0.472 e. The first-order valence-electron chi connectivity index (χ1n) is 22.9. The highest BCUT2D eigenvalue weighted by Gasteiger charge is 2.24. The molecule has 0 aliphatic carbocycles. The van der Waals surface area contributed by atoms with Crippen LogP contribution in [0, 0.1) is 0 Å². The van der Waals surface area contributed by atoms with Gasteiger partial charge >= 0.3 is 13.8 Å². The van der Waals surface area contributed by atoms with E-state index in [4.69, 9.17) is 24.3 Å². The van der Waals surface area contributed by atoms with Crippen LogP contribution in [-0.2, 0) is 27.9 Å². The number of carbonyl (C=O) groups is 1. The predicted octanol–water partition coefficient (Wildman–Crippen LogP) is 14.0. The Kier molecular flexibility index (Phi) is 42.0. The number of allylic oxidation sites excluding steroid dienone is 3. The van der Waals surface area contributed by atoms with E-state index in [2.05, 4.69) is 26.0 Å². The van der Waals surface area contributed by atoms with Crippen LogP contribution in [0.15, 0.2) is 24.5 Å². The fourth-order valence-electron chi connectivity index (χ4n) is 6.51. The Labute approximate surface area is 334 Å². The van der Waals surface area contributed by atoms with Gasteiger partial charge in [0, 0.05) is 13.0 Å². The summed E-state index contributed by atoms with van der Waals surface area (Å²) in [5, 5.41) is 0. The first-order chi connectivity index (χ1) is 26.4. The number of carbonyl (C=O) groups excluding carboxylic acids is 1. The van der Waals surface area contributed by atoms with Gasteiger partial charge in [0.05, 0.1) is 19.5 Å². The fourth-order valence-corrected chi connectivity index (χ4v) is 7.27. The lowest BCUT2D eigenvalue weighted by atomic mass is 10.0. The van der Waals surface area contributed by atoms with Crippen molar-refractivity contribution in [2.75, 3.05) is 26.4 Å². The second-order valence-corrected chi connectivity index (χ2v) is 16.8. The maximum atomic E-state index is 12.4. The molecular formula is C45H88NO7P. The SMILES string of the molecule is CCCCCCCC/C=C\CCCCCCCCCCCC(=O)OC[C@H](COP(=O)(O)OCCN)O/C=C\CCCCCCCCCCCCCCCC. The molecule has 320 valence electrons. The number of esters is 1. The Bertz CT molecular complexity index is 884. The maximum absolute atomic E-state index is 12.4. The van der Waals surface area contributed by atoms with E-state index in [1.54, 1.807) is 6.26 Å². The Balaban J connectivity index is 4.01. The predicted molar refractivity (Wildman–Crippen MR) is 229 cm³/mol. The molecule has 8 nitrogen and oxygen atoms in total. The number of phosphoric acid groups is 1. The van der Waals surface area contributed by atoms with Crippen molar-refractivity contribution >= 4 is 13.8 Å². The van der Waals surface area contributed by atoms with E-state index in [9.17, 15) is 14.3 Å². The zero-order valence-corrected chi connectivity index (χ0v) is 36.4. The van der Waals surface area contributed by atoms with Gasteiger partial charge in [-0.25, -0.2) is 4.57 Å². The Morgan fingerprint density at radius 3 is 1.37 bits per heavy atom. The third-order valence-corrected chi connectivity index (χ3v) is 10.9. The van der Waals surface area contributed by atoms with E-state index in [1.807, 2.05) is 6.08 Å². The van der Waals surface area contributed by atoms with Crippen LogP contribution in [-0.4, -0.2) is 43.3 Å². The van der Waals surface area contributed by atoms with Gasteiger partial charge in [0.1, 0.15) is 6.61 Å². The Hall–Kier alpha value is -1.18. The van der Waals surface area contributed by atoms with Crippen molar-refractivity contribution in [1.29, 1.82) is 0 Å². The number of hydrogen-bond donors (Lipinski definition) is 2. The molecule has 0 radical (unpaired) electrons. The number of phosphoric ester groups is 1. The zero-order chi connectivity index (χ0) is 39.5. The van der Waals surface area contributed by atoms with E-state index in [1.165, 1.54) is 173 Å².